The van der Waals surface area contributed by atoms with E-state index < -0.39 is 27.3 Å². The second-order valence-corrected chi connectivity index (χ2v) is 5.46. The highest BCUT2D eigenvalue weighted by atomic mass is 127. The quantitative estimate of drug-likeness (QED) is 0.774. The number of aromatic nitrogens is 1. The molecule has 0 aromatic carbocycles. The summed E-state index contributed by atoms with van der Waals surface area (Å²) in [6.45, 7) is 0. The zero-order valence-electron chi connectivity index (χ0n) is 8.66. The third-order valence-corrected chi connectivity index (χ3v) is 3.38. The lowest BCUT2D eigenvalue weighted by Crippen LogP contribution is -2.21. The van der Waals surface area contributed by atoms with E-state index in [4.69, 9.17) is 9.88 Å². The summed E-state index contributed by atoms with van der Waals surface area (Å²) in [5.41, 5.74) is 0. The summed E-state index contributed by atoms with van der Waals surface area (Å²) >= 11 is 1.48. The molecule has 0 spiro atoms. The molecule has 0 saturated heterocycles. The summed E-state index contributed by atoms with van der Waals surface area (Å²) < 4.78 is 66.6. The number of nitrogens with two attached hydrogens (primary N) is 1. The van der Waals surface area contributed by atoms with Gasteiger partial charge in [0.2, 0.25) is 5.88 Å². The summed E-state index contributed by atoms with van der Waals surface area (Å²) in [5, 5.41) is 4.00. The van der Waals surface area contributed by atoms with E-state index in [-0.39, 0.29) is 9.32 Å². The highest BCUT2D eigenvalue weighted by molar-refractivity contribution is 14.1. The molecule has 0 aliphatic rings. The zero-order valence-corrected chi connectivity index (χ0v) is 11.6. The Balaban J connectivity index is 3.42. The van der Waals surface area contributed by atoms with Crippen molar-refractivity contribution in [3.8, 4) is 11.6 Å². The number of hydrogen-bond donors (Lipinski definition) is 1. The minimum absolute atomic E-state index is 0.125. The SMILES string of the molecule is COc1cc(S(N)(=O)=O)nc(OC(F)(F)F)c1I. The van der Waals surface area contributed by atoms with Crippen LogP contribution in [-0.2, 0) is 10.0 Å². The Bertz CT molecular complexity index is 561. The Morgan fingerprint density at radius 1 is 1.44 bits per heavy atom. The number of halogens is 4. The van der Waals surface area contributed by atoms with E-state index in [1.54, 1.807) is 0 Å². The molecule has 1 aromatic heterocycles. The lowest BCUT2D eigenvalue weighted by molar-refractivity contribution is -0.276. The van der Waals surface area contributed by atoms with Crippen molar-refractivity contribution >= 4 is 32.6 Å². The van der Waals surface area contributed by atoms with Gasteiger partial charge in [0.1, 0.15) is 9.32 Å². The smallest absolute Gasteiger partial charge is 0.495 e. The average Bonchev–Trinajstić information content (AvgIpc) is 2.17. The molecular weight excluding hydrogens is 392 g/mol. The molecular formula is C7H6F3IN2O4S. The van der Waals surface area contributed by atoms with Crippen molar-refractivity contribution in [2.45, 2.75) is 11.4 Å². The van der Waals surface area contributed by atoms with E-state index in [0.717, 1.165) is 13.2 Å². The predicted molar refractivity (Wildman–Crippen MR) is 61.6 cm³/mol. The number of ether oxygens (including phenoxy) is 2. The molecule has 0 atom stereocenters. The Morgan fingerprint density at radius 2 is 2.00 bits per heavy atom. The first-order valence-corrected chi connectivity index (χ1v) is 6.70. The van der Waals surface area contributed by atoms with E-state index >= 15 is 0 Å². The van der Waals surface area contributed by atoms with Gasteiger partial charge in [-0.1, -0.05) is 0 Å². The van der Waals surface area contributed by atoms with Crippen molar-refractivity contribution < 1.29 is 31.1 Å². The van der Waals surface area contributed by atoms with Crippen LogP contribution in [-0.4, -0.2) is 26.9 Å². The first-order valence-electron chi connectivity index (χ1n) is 4.07. The van der Waals surface area contributed by atoms with Gasteiger partial charge >= 0.3 is 6.36 Å². The molecule has 0 amide bonds. The van der Waals surface area contributed by atoms with Gasteiger partial charge in [0.25, 0.3) is 10.0 Å². The molecule has 1 heterocycles. The van der Waals surface area contributed by atoms with Gasteiger partial charge in [-0.3, -0.25) is 0 Å². The summed E-state index contributed by atoms with van der Waals surface area (Å²) in [5.74, 6) is -1.08. The molecule has 18 heavy (non-hydrogen) atoms. The fourth-order valence-corrected chi connectivity index (χ4v) is 2.02. The number of methoxy groups -OCH3 is 1. The van der Waals surface area contributed by atoms with Gasteiger partial charge < -0.3 is 9.47 Å². The standard InChI is InChI=1S/C7H6F3IN2O4S/c1-16-3-2-4(18(12,14)15)13-6(5(3)11)17-7(8,9)10/h2H,1H3,(H2,12,14,15). The highest BCUT2D eigenvalue weighted by Gasteiger charge is 2.34. The van der Waals surface area contributed by atoms with Crippen LogP contribution in [0.15, 0.2) is 11.1 Å². The third kappa shape index (κ3) is 3.84. The topological polar surface area (TPSA) is 91.5 Å². The molecule has 2 N–H and O–H groups in total. The van der Waals surface area contributed by atoms with Gasteiger partial charge in [0.05, 0.1) is 7.11 Å². The van der Waals surface area contributed by atoms with Crippen molar-refractivity contribution in [2.24, 2.45) is 5.14 Å². The van der Waals surface area contributed by atoms with Crippen LogP contribution in [0.4, 0.5) is 13.2 Å². The fourth-order valence-electron chi connectivity index (χ4n) is 0.934. The van der Waals surface area contributed by atoms with Crippen LogP contribution < -0.4 is 14.6 Å². The van der Waals surface area contributed by atoms with Crippen LogP contribution in [0.5, 0.6) is 11.6 Å². The number of nitrogens with zero attached hydrogens (tertiary/aromatic N) is 1. The number of hydrogen-bond acceptors (Lipinski definition) is 5. The van der Waals surface area contributed by atoms with Crippen molar-refractivity contribution in [1.29, 1.82) is 0 Å². The van der Waals surface area contributed by atoms with Gasteiger partial charge in [-0.05, 0) is 22.6 Å². The van der Waals surface area contributed by atoms with Crippen LogP contribution in [0.25, 0.3) is 0 Å². The van der Waals surface area contributed by atoms with Crippen LogP contribution in [0, 0.1) is 3.57 Å². The van der Waals surface area contributed by atoms with E-state index in [9.17, 15) is 21.6 Å². The Kier molecular flexibility index (Phi) is 4.27. The maximum Gasteiger partial charge on any atom is 0.574 e. The van der Waals surface area contributed by atoms with Gasteiger partial charge in [0, 0.05) is 6.07 Å². The molecule has 6 nitrogen and oxygen atoms in total. The van der Waals surface area contributed by atoms with Gasteiger partial charge in [0.15, 0.2) is 5.03 Å². The van der Waals surface area contributed by atoms with Crippen molar-refractivity contribution in [3.63, 3.8) is 0 Å². The predicted octanol–water partition coefficient (Wildman–Crippen LogP) is 1.24. The molecule has 0 saturated carbocycles. The van der Waals surface area contributed by atoms with E-state index in [0.29, 0.717) is 0 Å². The van der Waals surface area contributed by atoms with E-state index in [1.807, 2.05) is 0 Å². The number of sulfonamides is 1. The number of alkyl halides is 3. The van der Waals surface area contributed by atoms with Crippen LogP contribution >= 0.6 is 22.6 Å². The van der Waals surface area contributed by atoms with Crippen molar-refractivity contribution in [2.75, 3.05) is 7.11 Å². The molecule has 1 rings (SSSR count). The Labute approximate surface area is 113 Å². The molecule has 0 bridgehead atoms. The maximum atomic E-state index is 12.1. The molecule has 1 aromatic rings. The molecule has 0 aliphatic heterocycles. The highest BCUT2D eigenvalue weighted by Crippen LogP contribution is 2.33. The minimum atomic E-state index is -5.01. The maximum absolute atomic E-state index is 12.1. The van der Waals surface area contributed by atoms with Gasteiger partial charge in [-0.2, -0.15) is 4.98 Å². The first kappa shape index (κ1) is 15.2. The van der Waals surface area contributed by atoms with Crippen LogP contribution in [0.2, 0.25) is 0 Å². The van der Waals surface area contributed by atoms with E-state index in [2.05, 4.69) is 9.72 Å². The monoisotopic (exact) mass is 398 g/mol. The number of pyridine rings is 1. The molecule has 11 heteroatoms. The molecule has 0 radical (unpaired) electrons. The summed E-state index contributed by atoms with van der Waals surface area (Å²) in [6, 6.07) is 0.903. The third-order valence-electron chi connectivity index (χ3n) is 1.59. The van der Waals surface area contributed by atoms with Gasteiger partial charge in [-0.25, -0.2) is 13.6 Å². The summed E-state index contributed by atoms with van der Waals surface area (Å²) in [7, 11) is -3.12. The first-order chi connectivity index (χ1) is 8.04. The lowest BCUT2D eigenvalue weighted by Gasteiger charge is -2.12. The minimum Gasteiger partial charge on any atom is -0.495 e. The molecule has 0 unspecified atom stereocenters. The number of rotatable bonds is 3. The Hall–Kier alpha value is -0.820. The second-order valence-electron chi connectivity index (χ2n) is 2.87. The average molecular weight is 398 g/mol. The lowest BCUT2D eigenvalue weighted by atomic mass is 10.4. The summed E-state index contributed by atoms with van der Waals surface area (Å²) in [4.78, 5) is 3.19. The van der Waals surface area contributed by atoms with Gasteiger partial charge in [-0.15, -0.1) is 13.2 Å². The normalized spacial score (nSPS) is 12.3. The summed E-state index contributed by atoms with van der Waals surface area (Å²) in [6.07, 6.45) is -5.01. The Morgan fingerprint density at radius 3 is 2.39 bits per heavy atom. The zero-order chi connectivity index (χ0) is 14.1. The largest absolute Gasteiger partial charge is 0.574 e. The second kappa shape index (κ2) is 5.05. The van der Waals surface area contributed by atoms with Crippen LogP contribution in [0.3, 0.4) is 0 Å². The molecule has 0 fully saturated rings. The van der Waals surface area contributed by atoms with Crippen molar-refractivity contribution in [1.82, 2.24) is 4.98 Å². The van der Waals surface area contributed by atoms with Crippen LogP contribution in [0.1, 0.15) is 0 Å². The molecule has 0 aliphatic carbocycles. The fraction of sp³-hybridized carbons (Fsp3) is 0.286. The molecule has 102 valence electrons. The van der Waals surface area contributed by atoms with Crippen molar-refractivity contribution in [3.05, 3.63) is 9.64 Å². The van der Waals surface area contributed by atoms with E-state index in [1.165, 1.54) is 22.6 Å². The number of primary sulfonamides is 1.